The van der Waals surface area contributed by atoms with Crippen molar-refractivity contribution < 1.29 is 14.3 Å². The molecule has 2 heterocycles. The van der Waals surface area contributed by atoms with Gasteiger partial charge in [0.15, 0.2) is 0 Å². The molecule has 1 unspecified atom stereocenters. The minimum Gasteiger partial charge on any atom is -0.507 e. The molecule has 0 fully saturated rings. The highest BCUT2D eigenvalue weighted by Crippen LogP contribution is 2.31. The number of phenols is 1. The van der Waals surface area contributed by atoms with Gasteiger partial charge in [-0.1, -0.05) is 19.1 Å². The van der Waals surface area contributed by atoms with Crippen molar-refractivity contribution in [2.24, 2.45) is 5.92 Å². The molecule has 1 amide bonds. The molecule has 4 aromatic rings. The van der Waals surface area contributed by atoms with Crippen LogP contribution in [0.15, 0.2) is 73.1 Å². The molecular weight excluding hydrogens is 467 g/mol. The highest BCUT2D eigenvalue weighted by molar-refractivity contribution is 6.17. The monoisotopic (exact) mass is 492 g/mol. The number of phenolic OH excluding ortho intramolecular Hbond substituents is 1. The molecule has 4 rings (SSSR count). The topological polar surface area (TPSA) is 80.0 Å². The van der Waals surface area contributed by atoms with Gasteiger partial charge < -0.3 is 10.4 Å². The summed E-state index contributed by atoms with van der Waals surface area (Å²) < 4.78 is 15.3. The van der Waals surface area contributed by atoms with Gasteiger partial charge >= 0.3 is 0 Å². The van der Waals surface area contributed by atoms with Gasteiger partial charge in [-0.05, 0) is 66.4 Å². The molecule has 2 aromatic heterocycles. The first-order valence-corrected chi connectivity index (χ1v) is 11.9. The van der Waals surface area contributed by atoms with E-state index in [2.05, 4.69) is 15.4 Å². The normalized spacial score (nSPS) is 11.9. The van der Waals surface area contributed by atoms with Gasteiger partial charge in [-0.2, -0.15) is 5.10 Å². The zero-order valence-corrected chi connectivity index (χ0v) is 20.0. The SMILES string of the molecule is CC(CNC(=O)c1ccccc1O)Cc1cc(-c2cn(CCCl)nc2-c2ccc(F)cc2)ccn1. The number of hydrogen-bond donors (Lipinski definition) is 2. The van der Waals surface area contributed by atoms with Crippen LogP contribution < -0.4 is 5.32 Å². The molecule has 0 radical (unpaired) electrons. The number of rotatable bonds is 9. The minimum atomic E-state index is -0.313. The van der Waals surface area contributed by atoms with E-state index in [1.807, 2.05) is 25.3 Å². The zero-order valence-electron chi connectivity index (χ0n) is 19.3. The standard InChI is InChI=1S/C27H26ClFN4O2/c1-18(16-31-27(35)23-4-2-3-5-25(23)34)14-22-15-20(10-12-30-22)24-17-33(13-11-28)32-26(24)19-6-8-21(29)9-7-19/h2-10,12,15,17-18,34H,11,13-14,16H2,1H3,(H,31,35). The van der Waals surface area contributed by atoms with Crippen molar-refractivity contribution in [3.05, 3.63) is 90.1 Å². The van der Waals surface area contributed by atoms with Crippen LogP contribution in [0.3, 0.4) is 0 Å². The van der Waals surface area contributed by atoms with E-state index in [-0.39, 0.29) is 29.0 Å². The van der Waals surface area contributed by atoms with Gasteiger partial charge in [0.05, 0.1) is 12.1 Å². The predicted molar refractivity (Wildman–Crippen MR) is 135 cm³/mol. The number of halogens is 2. The summed E-state index contributed by atoms with van der Waals surface area (Å²) in [6, 6.07) is 16.7. The number of pyridine rings is 1. The van der Waals surface area contributed by atoms with Crippen molar-refractivity contribution in [3.63, 3.8) is 0 Å². The molecule has 1 atom stereocenters. The quantitative estimate of drug-likeness (QED) is 0.310. The van der Waals surface area contributed by atoms with E-state index < -0.39 is 0 Å². The maximum atomic E-state index is 13.5. The van der Waals surface area contributed by atoms with Gasteiger partial charge in [-0.3, -0.25) is 14.5 Å². The lowest BCUT2D eigenvalue weighted by molar-refractivity contribution is 0.0945. The molecule has 0 aliphatic heterocycles. The van der Waals surface area contributed by atoms with Crippen molar-refractivity contribution in [1.29, 1.82) is 0 Å². The van der Waals surface area contributed by atoms with E-state index in [4.69, 9.17) is 11.6 Å². The fourth-order valence-corrected chi connectivity index (χ4v) is 4.04. The molecule has 8 heteroatoms. The van der Waals surface area contributed by atoms with Crippen molar-refractivity contribution in [2.45, 2.75) is 19.9 Å². The van der Waals surface area contributed by atoms with Crippen molar-refractivity contribution >= 4 is 17.5 Å². The number of hydrogen-bond acceptors (Lipinski definition) is 4. The summed E-state index contributed by atoms with van der Waals surface area (Å²) in [5.41, 5.74) is 4.54. The molecule has 2 N–H and O–H groups in total. The Morgan fingerprint density at radius 3 is 2.66 bits per heavy atom. The van der Waals surface area contributed by atoms with Crippen LogP contribution in [0.25, 0.3) is 22.4 Å². The number of carbonyl (C=O) groups is 1. The Hall–Kier alpha value is -3.71. The second-order valence-corrected chi connectivity index (χ2v) is 8.80. The lowest BCUT2D eigenvalue weighted by Gasteiger charge is -2.13. The van der Waals surface area contributed by atoms with Crippen LogP contribution in [-0.2, 0) is 13.0 Å². The van der Waals surface area contributed by atoms with Gasteiger partial charge in [0.2, 0.25) is 0 Å². The number of aromatic nitrogens is 3. The number of nitrogens with zero attached hydrogens (tertiary/aromatic N) is 3. The van der Waals surface area contributed by atoms with Crippen LogP contribution in [0.1, 0.15) is 23.0 Å². The maximum Gasteiger partial charge on any atom is 0.255 e. The first-order chi connectivity index (χ1) is 16.9. The van der Waals surface area contributed by atoms with Crippen LogP contribution >= 0.6 is 11.6 Å². The second kappa shape index (κ2) is 11.1. The number of nitrogens with one attached hydrogen (secondary N) is 1. The highest BCUT2D eigenvalue weighted by Gasteiger charge is 2.16. The molecule has 0 aliphatic rings. The number of alkyl halides is 1. The first-order valence-electron chi connectivity index (χ1n) is 11.4. The summed E-state index contributed by atoms with van der Waals surface area (Å²) in [5.74, 6) is -0.116. The number of aromatic hydroxyl groups is 1. The van der Waals surface area contributed by atoms with Gasteiger partial charge in [0.25, 0.3) is 5.91 Å². The van der Waals surface area contributed by atoms with E-state index in [1.54, 1.807) is 41.2 Å². The van der Waals surface area contributed by atoms with Crippen molar-refractivity contribution in [3.8, 4) is 28.1 Å². The van der Waals surface area contributed by atoms with E-state index in [1.165, 1.54) is 18.2 Å². The number of para-hydroxylation sites is 1. The lowest BCUT2D eigenvalue weighted by Crippen LogP contribution is -2.29. The van der Waals surface area contributed by atoms with Gasteiger partial charge in [0.1, 0.15) is 17.3 Å². The molecule has 0 saturated carbocycles. The Balaban J connectivity index is 1.50. The molecular formula is C27H26ClFN4O2. The summed E-state index contributed by atoms with van der Waals surface area (Å²) in [6.45, 7) is 3.02. The summed E-state index contributed by atoms with van der Waals surface area (Å²) in [6.07, 6.45) is 4.35. The van der Waals surface area contributed by atoms with Gasteiger partial charge in [-0.15, -0.1) is 11.6 Å². The Labute approximate surface area is 208 Å². The first kappa shape index (κ1) is 24.4. The maximum absolute atomic E-state index is 13.5. The summed E-state index contributed by atoms with van der Waals surface area (Å²) in [4.78, 5) is 16.9. The van der Waals surface area contributed by atoms with Gasteiger partial charge in [0, 0.05) is 41.6 Å². The smallest absolute Gasteiger partial charge is 0.255 e. The van der Waals surface area contributed by atoms with Crippen molar-refractivity contribution in [1.82, 2.24) is 20.1 Å². The van der Waals surface area contributed by atoms with Crippen LogP contribution in [0.4, 0.5) is 4.39 Å². The van der Waals surface area contributed by atoms with Crippen molar-refractivity contribution in [2.75, 3.05) is 12.4 Å². The Morgan fingerprint density at radius 1 is 1.14 bits per heavy atom. The fourth-order valence-electron chi connectivity index (χ4n) is 3.87. The highest BCUT2D eigenvalue weighted by atomic mass is 35.5. The molecule has 0 aliphatic carbocycles. The molecule has 0 spiro atoms. The molecule has 6 nitrogen and oxygen atoms in total. The van der Waals surface area contributed by atoms with Gasteiger partial charge in [-0.25, -0.2) is 4.39 Å². The average Bonchev–Trinajstić information content (AvgIpc) is 3.28. The predicted octanol–water partition coefficient (Wildman–Crippen LogP) is 5.30. The number of amides is 1. The number of benzene rings is 2. The zero-order chi connectivity index (χ0) is 24.8. The minimum absolute atomic E-state index is 0.0429. The molecule has 0 saturated heterocycles. The van der Waals surface area contributed by atoms with E-state index in [0.717, 1.165) is 28.1 Å². The average molecular weight is 493 g/mol. The number of carbonyl (C=O) groups excluding carboxylic acids is 1. The molecule has 180 valence electrons. The summed E-state index contributed by atoms with van der Waals surface area (Å²) in [5, 5.41) is 17.4. The van der Waals surface area contributed by atoms with Crippen LogP contribution in [0, 0.1) is 11.7 Å². The third-order valence-electron chi connectivity index (χ3n) is 5.64. The largest absolute Gasteiger partial charge is 0.507 e. The van der Waals surface area contributed by atoms with Crippen LogP contribution in [-0.4, -0.2) is 38.2 Å². The molecule has 2 aromatic carbocycles. The third-order valence-corrected chi connectivity index (χ3v) is 5.81. The Morgan fingerprint density at radius 2 is 1.91 bits per heavy atom. The van der Waals surface area contributed by atoms with Crippen LogP contribution in [0.2, 0.25) is 0 Å². The summed E-state index contributed by atoms with van der Waals surface area (Å²) >= 11 is 5.93. The van der Waals surface area contributed by atoms with E-state index >= 15 is 0 Å². The second-order valence-electron chi connectivity index (χ2n) is 8.42. The Kier molecular flexibility index (Phi) is 7.77. The Bertz CT molecular complexity index is 1310. The van der Waals surface area contributed by atoms with E-state index in [9.17, 15) is 14.3 Å². The molecule has 0 bridgehead atoms. The third kappa shape index (κ3) is 6.05. The summed E-state index contributed by atoms with van der Waals surface area (Å²) in [7, 11) is 0. The fraction of sp³-hybridized carbons (Fsp3) is 0.222. The molecule has 35 heavy (non-hydrogen) atoms. The van der Waals surface area contributed by atoms with E-state index in [0.29, 0.717) is 25.4 Å². The lowest BCUT2D eigenvalue weighted by atomic mass is 9.99. The number of aryl methyl sites for hydroxylation is 1. The van der Waals surface area contributed by atoms with Crippen LogP contribution in [0.5, 0.6) is 5.75 Å².